The van der Waals surface area contributed by atoms with E-state index >= 15 is 0 Å². The summed E-state index contributed by atoms with van der Waals surface area (Å²) in [6, 6.07) is 4.03. The third-order valence-corrected chi connectivity index (χ3v) is 10.7. The first-order valence-electron chi connectivity index (χ1n) is 12.9. The molecule has 182 valence electrons. The number of rotatable bonds is 4. The quantitative estimate of drug-likeness (QED) is 0.442. The van der Waals surface area contributed by atoms with E-state index < -0.39 is 5.60 Å². The van der Waals surface area contributed by atoms with Crippen LogP contribution in [0.5, 0.6) is 5.75 Å². The molecule has 0 radical (unpaired) electrons. The van der Waals surface area contributed by atoms with Crippen molar-refractivity contribution in [3.63, 3.8) is 0 Å². The number of nitrogens with zero attached hydrogens (tertiary/aromatic N) is 2. The summed E-state index contributed by atoms with van der Waals surface area (Å²) in [5, 5.41) is 42.5. The highest BCUT2D eigenvalue weighted by atomic mass is 16.8. The molecule has 1 aromatic rings. The van der Waals surface area contributed by atoms with E-state index in [0.29, 0.717) is 17.3 Å². The molecule has 4 saturated carbocycles. The molecule has 0 aliphatic heterocycles. The predicted molar refractivity (Wildman–Crippen MR) is 126 cm³/mol. The monoisotopic (exact) mass is 455 g/mol. The van der Waals surface area contributed by atoms with Crippen molar-refractivity contribution in [2.45, 2.75) is 83.7 Å². The molecule has 0 unspecified atom stereocenters. The highest BCUT2D eigenvalue weighted by molar-refractivity contribution is 5.84. The van der Waals surface area contributed by atoms with Crippen molar-refractivity contribution in [1.29, 1.82) is 0 Å². The molecule has 7 atom stereocenters. The van der Waals surface area contributed by atoms with Crippen LogP contribution < -0.4 is 10.3 Å². The standard InChI is InChI=1S/C27H40N2O4/c1-25-12-4-3-5-19(25)6-8-21-22(25)10-13-26(2)23(21)11-14-27(26,31)17-28-16-18-15-20(29(32)33)7-9-24(18)30/h7,9,15-16,19,21-23,30-33H,3-6,8,10-14,17H2,1-2H3/p-1/t19-,21-,22-,23+,25-,26+,27-/m0/s1. The molecule has 3 N–H and O–H groups in total. The van der Waals surface area contributed by atoms with E-state index in [1.165, 1.54) is 69.4 Å². The summed E-state index contributed by atoms with van der Waals surface area (Å²) in [6.07, 6.45) is 13.8. The topological polar surface area (TPSA) is 99.4 Å². The molecule has 4 fully saturated rings. The lowest BCUT2D eigenvalue weighted by Gasteiger charge is -2.61. The Morgan fingerprint density at radius 1 is 1.03 bits per heavy atom. The van der Waals surface area contributed by atoms with Crippen molar-refractivity contribution >= 4 is 11.9 Å². The van der Waals surface area contributed by atoms with Crippen molar-refractivity contribution in [3.8, 4) is 5.75 Å². The van der Waals surface area contributed by atoms with Crippen LogP contribution in [0.15, 0.2) is 23.2 Å². The Hall–Kier alpha value is -1.63. The van der Waals surface area contributed by atoms with Crippen molar-refractivity contribution in [3.05, 3.63) is 23.8 Å². The minimum Gasteiger partial charge on any atom is -0.872 e. The van der Waals surface area contributed by atoms with Gasteiger partial charge in [0.1, 0.15) is 0 Å². The lowest BCUT2D eigenvalue weighted by molar-refractivity contribution is -0.268. The van der Waals surface area contributed by atoms with Crippen LogP contribution in [0.2, 0.25) is 0 Å². The number of aliphatic imine (C=N–C) groups is 1. The maximum absolute atomic E-state index is 12.2. The molecule has 5 rings (SSSR count). The largest absolute Gasteiger partial charge is 0.872 e. The fourth-order valence-electron chi connectivity index (χ4n) is 8.72. The van der Waals surface area contributed by atoms with Crippen LogP contribution in [0.25, 0.3) is 0 Å². The zero-order valence-corrected chi connectivity index (χ0v) is 20.0. The molecule has 0 spiro atoms. The van der Waals surface area contributed by atoms with Gasteiger partial charge in [-0.15, -0.1) is 5.23 Å². The maximum Gasteiger partial charge on any atom is 0.0948 e. The Morgan fingerprint density at radius 3 is 2.61 bits per heavy atom. The van der Waals surface area contributed by atoms with Gasteiger partial charge in [-0.25, -0.2) is 0 Å². The first kappa shape index (κ1) is 23.1. The Balaban J connectivity index is 1.34. The average molecular weight is 456 g/mol. The van der Waals surface area contributed by atoms with Crippen LogP contribution in [-0.2, 0) is 0 Å². The van der Waals surface area contributed by atoms with Gasteiger partial charge in [0, 0.05) is 11.6 Å². The Labute approximate surface area is 197 Å². The van der Waals surface area contributed by atoms with Gasteiger partial charge in [0.15, 0.2) is 0 Å². The highest BCUT2D eigenvalue weighted by Gasteiger charge is 2.64. The molecule has 0 heterocycles. The molecule has 4 aliphatic rings. The third-order valence-electron chi connectivity index (χ3n) is 10.7. The van der Waals surface area contributed by atoms with Crippen LogP contribution in [0.1, 0.15) is 83.6 Å². The zero-order chi connectivity index (χ0) is 23.4. The fourth-order valence-corrected chi connectivity index (χ4v) is 8.72. The number of aliphatic hydroxyl groups is 1. The first-order valence-corrected chi connectivity index (χ1v) is 12.9. The van der Waals surface area contributed by atoms with Gasteiger partial charge in [0.05, 0.1) is 17.8 Å². The number of hydrogen-bond donors (Lipinski definition) is 3. The van der Waals surface area contributed by atoms with E-state index in [2.05, 4.69) is 18.8 Å². The van der Waals surface area contributed by atoms with Crippen LogP contribution in [-0.4, -0.2) is 33.9 Å². The van der Waals surface area contributed by atoms with Gasteiger partial charge in [-0.3, -0.25) is 15.4 Å². The number of fused-ring (bicyclic) bond motifs is 5. The lowest BCUT2D eigenvalue weighted by atomic mass is 9.44. The van der Waals surface area contributed by atoms with E-state index in [4.69, 9.17) is 0 Å². The first-order chi connectivity index (χ1) is 15.7. The van der Waals surface area contributed by atoms with Crippen LogP contribution in [0.3, 0.4) is 0 Å². The molecule has 0 bridgehead atoms. The Morgan fingerprint density at radius 2 is 1.82 bits per heavy atom. The summed E-state index contributed by atoms with van der Waals surface area (Å²) in [7, 11) is 0. The van der Waals surface area contributed by atoms with Gasteiger partial charge in [0.25, 0.3) is 0 Å². The normalized spacial score (nSPS) is 42.6. The van der Waals surface area contributed by atoms with Crippen LogP contribution in [0, 0.1) is 34.5 Å². The van der Waals surface area contributed by atoms with Crippen molar-refractivity contribution < 1.29 is 20.6 Å². The van der Waals surface area contributed by atoms with E-state index in [1.807, 2.05) is 0 Å². The molecule has 4 aliphatic carbocycles. The number of anilines is 1. The van der Waals surface area contributed by atoms with Gasteiger partial charge in [-0.1, -0.05) is 38.5 Å². The zero-order valence-electron chi connectivity index (χ0n) is 20.0. The summed E-state index contributed by atoms with van der Waals surface area (Å²) in [4.78, 5) is 4.52. The minimum atomic E-state index is -0.857. The Bertz CT molecular complexity index is 919. The predicted octanol–water partition coefficient (Wildman–Crippen LogP) is 4.93. The molecular weight excluding hydrogens is 416 g/mol. The van der Waals surface area contributed by atoms with E-state index in [-0.39, 0.29) is 34.2 Å². The minimum absolute atomic E-state index is 0.00704. The molecule has 0 amide bonds. The van der Waals surface area contributed by atoms with Gasteiger partial charge in [-0.05, 0) is 98.1 Å². The number of hydrogen-bond acceptors (Lipinski definition) is 6. The second-order valence-corrected chi connectivity index (χ2v) is 11.9. The maximum atomic E-state index is 12.2. The van der Waals surface area contributed by atoms with Crippen LogP contribution in [0.4, 0.5) is 5.69 Å². The molecule has 6 nitrogen and oxygen atoms in total. The Kier molecular flexibility index (Phi) is 5.78. The van der Waals surface area contributed by atoms with Crippen molar-refractivity contribution in [2.24, 2.45) is 39.5 Å². The summed E-state index contributed by atoms with van der Waals surface area (Å²) in [5.74, 6) is 2.72. The molecule has 1 aromatic carbocycles. The SMILES string of the molecule is C[C@]12CCCC[C@H]1CC[C@@H]1[C@H]3CC[C@](O)(CN=Cc4cc(N(O)O)ccc4[O-])[C@]3(C)CC[C@@H]12. The molecule has 6 heteroatoms. The average Bonchev–Trinajstić information content (AvgIpc) is 3.05. The highest BCUT2D eigenvalue weighted by Crippen LogP contribution is 2.68. The second-order valence-electron chi connectivity index (χ2n) is 11.9. The second kappa shape index (κ2) is 8.24. The molecule has 0 saturated heterocycles. The van der Waals surface area contributed by atoms with Gasteiger partial charge < -0.3 is 10.2 Å². The van der Waals surface area contributed by atoms with Crippen molar-refractivity contribution in [2.75, 3.05) is 11.8 Å². The summed E-state index contributed by atoms with van der Waals surface area (Å²) in [5.41, 5.74) is -0.115. The van der Waals surface area contributed by atoms with Crippen LogP contribution >= 0.6 is 0 Å². The van der Waals surface area contributed by atoms with Gasteiger partial charge >= 0.3 is 0 Å². The van der Waals surface area contributed by atoms with Gasteiger partial charge in [0.2, 0.25) is 0 Å². The number of benzene rings is 1. The summed E-state index contributed by atoms with van der Waals surface area (Å²) >= 11 is 0. The smallest absolute Gasteiger partial charge is 0.0948 e. The lowest BCUT2D eigenvalue weighted by Crippen LogP contribution is -2.56. The van der Waals surface area contributed by atoms with Gasteiger partial charge in [-0.2, -0.15) is 0 Å². The summed E-state index contributed by atoms with van der Waals surface area (Å²) in [6.45, 7) is 5.15. The van der Waals surface area contributed by atoms with E-state index in [9.17, 15) is 20.6 Å². The third kappa shape index (κ3) is 3.60. The summed E-state index contributed by atoms with van der Waals surface area (Å²) < 4.78 is 0. The van der Waals surface area contributed by atoms with E-state index in [0.717, 1.165) is 31.1 Å². The molecule has 0 aromatic heterocycles. The van der Waals surface area contributed by atoms with Crippen molar-refractivity contribution in [1.82, 2.24) is 0 Å². The molecule has 33 heavy (non-hydrogen) atoms. The fraction of sp³-hybridized carbons (Fsp3) is 0.741. The van der Waals surface area contributed by atoms with E-state index in [1.54, 1.807) is 0 Å². The molecular formula is C27H39N2O4-.